The van der Waals surface area contributed by atoms with Gasteiger partial charge in [-0.05, 0) is 51.8 Å². The molecule has 1 unspecified atom stereocenters. The Labute approximate surface area is 123 Å². The third-order valence-corrected chi connectivity index (χ3v) is 4.07. The van der Waals surface area contributed by atoms with Gasteiger partial charge in [0, 0.05) is 18.0 Å². The highest BCUT2D eigenvalue weighted by Crippen LogP contribution is 2.40. The fraction of sp³-hybridized carbons (Fsp3) is 0.200. The van der Waals surface area contributed by atoms with Crippen molar-refractivity contribution in [1.82, 2.24) is 0 Å². The SMILES string of the molecule is N[C@@H]1CC(c2ccc(Br)c(F)c2)Oc2ccc(F)cc21. The maximum Gasteiger partial charge on any atom is 0.137 e. The maximum absolute atomic E-state index is 13.6. The molecule has 0 bridgehead atoms. The summed E-state index contributed by atoms with van der Waals surface area (Å²) < 4.78 is 33.0. The largest absolute Gasteiger partial charge is 0.485 e. The molecule has 0 aromatic heterocycles. The lowest BCUT2D eigenvalue weighted by molar-refractivity contribution is 0.160. The molecule has 0 spiro atoms. The van der Waals surface area contributed by atoms with Gasteiger partial charge in [0.25, 0.3) is 0 Å². The first-order valence-corrected chi connectivity index (χ1v) is 7.00. The zero-order valence-corrected chi connectivity index (χ0v) is 12.0. The van der Waals surface area contributed by atoms with Crippen molar-refractivity contribution in [2.24, 2.45) is 5.73 Å². The average molecular weight is 340 g/mol. The number of rotatable bonds is 1. The van der Waals surface area contributed by atoms with Crippen molar-refractivity contribution in [3.63, 3.8) is 0 Å². The van der Waals surface area contributed by atoms with Crippen molar-refractivity contribution in [2.45, 2.75) is 18.6 Å². The van der Waals surface area contributed by atoms with Gasteiger partial charge in [-0.15, -0.1) is 0 Å². The van der Waals surface area contributed by atoms with Gasteiger partial charge >= 0.3 is 0 Å². The monoisotopic (exact) mass is 339 g/mol. The number of hydrogen-bond donors (Lipinski definition) is 1. The van der Waals surface area contributed by atoms with Crippen LogP contribution in [0.4, 0.5) is 8.78 Å². The Morgan fingerprint density at radius 1 is 1.15 bits per heavy atom. The fourth-order valence-corrected chi connectivity index (χ4v) is 2.64. The number of ether oxygens (including phenoxy) is 1. The Kier molecular flexibility index (Phi) is 3.48. The number of halogens is 3. The van der Waals surface area contributed by atoms with Crippen LogP contribution in [-0.2, 0) is 0 Å². The zero-order valence-electron chi connectivity index (χ0n) is 10.4. The van der Waals surface area contributed by atoms with Crippen molar-refractivity contribution < 1.29 is 13.5 Å². The van der Waals surface area contributed by atoms with Gasteiger partial charge in [0.2, 0.25) is 0 Å². The molecule has 2 aromatic carbocycles. The van der Waals surface area contributed by atoms with Gasteiger partial charge < -0.3 is 10.5 Å². The van der Waals surface area contributed by atoms with Crippen LogP contribution in [0.15, 0.2) is 40.9 Å². The van der Waals surface area contributed by atoms with Crippen molar-refractivity contribution in [3.8, 4) is 5.75 Å². The molecule has 0 fully saturated rings. The van der Waals surface area contributed by atoms with Gasteiger partial charge in [-0.25, -0.2) is 8.78 Å². The predicted octanol–water partition coefficient (Wildman–Crippen LogP) is 4.25. The van der Waals surface area contributed by atoms with Gasteiger partial charge in [-0.1, -0.05) is 6.07 Å². The van der Waals surface area contributed by atoms with E-state index in [1.165, 1.54) is 18.2 Å². The van der Waals surface area contributed by atoms with E-state index in [0.29, 0.717) is 22.2 Å². The second kappa shape index (κ2) is 5.14. The van der Waals surface area contributed by atoms with E-state index in [2.05, 4.69) is 15.9 Å². The third kappa shape index (κ3) is 2.43. The molecule has 0 saturated heterocycles. The van der Waals surface area contributed by atoms with E-state index in [4.69, 9.17) is 10.5 Å². The molecule has 1 heterocycles. The molecule has 2 nitrogen and oxygen atoms in total. The summed E-state index contributed by atoms with van der Waals surface area (Å²) in [5, 5.41) is 0. The third-order valence-electron chi connectivity index (χ3n) is 3.42. The highest BCUT2D eigenvalue weighted by molar-refractivity contribution is 9.10. The smallest absolute Gasteiger partial charge is 0.137 e. The van der Waals surface area contributed by atoms with Crippen LogP contribution in [0.2, 0.25) is 0 Å². The molecule has 104 valence electrons. The standard InChI is InChI=1S/C15H12BrF2NO/c16-11-3-1-8(5-12(11)18)15-7-13(19)10-6-9(17)2-4-14(10)20-15/h1-6,13,15H,7,19H2/t13-,15?/m1/s1. The normalized spacial score (nSPS) is 21.2. The van der Waals surface area contributed by atoms with E-state index < -0.39 is 0 Å². The van der Waals surface area contributed by atoms with E-state index in [1.54, 1.807) is 18.2 Å². The van der Waals surface area contributed by atoms with Crippen LogP contribution in [0.25, 0.3) is 0 Å². The zero-order chi connectivity index (χ0) is 14.3. The summed E-state index contributed by atoms with van der Waals surface area (Å²) in [6.45, 7) is 0. The minimum atomic E-state index is -0.343. The number of nitrogens with two attached hydrogens (primary N) is 1. The van der Waals surface area contributed by atoms with Crippen molar-refractivity contribution in [1.29, 1.82) is 0 Å². The lowest BCUT2D eigenvalue weighted by Crippen LogP contribution is -2.24. The predicted molar refractivity (Wildman–Crippen MR) is 75.4 cm³/mol. The molecule has 2 aromatic rings. The van der Waals surface area contributed by atoms with Crippen LogP contribution in [-0.4, -0.2) is 0 Å². The molecule has 0 aliphatic carbocycles. The van der Waals surface area contributed by atoms with Gasteiger partial charge in [0.15, 0.2) is 0 Å². The lowest BCUT2D eigenvalue weighted by Gasteiger charge is -2.30. The fourth-order valence-electron chi connectivity index (χ4n) is 2.39. The first-order chi connectivity index (χ1) is 9.54. The van der Waals surface area contributed by atoms with E-state index in [9.17, 15) is 8.78 Å². The van der Waals surface area contributed by atoms with Gasteiger partial charge in [-0.2, -0.15) is 0 Å². The molecule has 1 aliphatic rings. The Bertz CT molecular complexity index is 662. The quantitative estimate of drug-likeness (QED) is 0.842. The summed E-state index contributed by atoms with van der Waals surface area (Å²) in [4.78, 5) is 0. The maximum atomic E-state index is 13.6. The molecule has 2 N–H and O–H groups in total. The molecule has 5 heteroatoms. The summed E-state index contributed by atoms with van der Waals surface area (Å²) in [7, 11) is 0. The Hall–Kier alpha value is -1.46. The van der Waals surface area contributed by atoms with Gasteiger partial charge in [0.1, 0.15) is 23.5 Å². The van der Waals surface area contributed by atoms with Crippen LogP contribution in [0.3, 0.4) is 0 Å². The molecular weight excluding hydrogens is 328 g/mol. The molecule has 0 saturated carbocycles. The number of hydrogen-bond acceptors (Lipinski definition) is 2. The molecule has 1 aliphatic heterocycles. The van der Waals surface area contributed by atoms with Crippen LogP contribution in [0.1, 0.15) is 29.7 Å². The van der Waals surface area contributed by atoms with Crippen LogP contribution in [0, 0.1) is 11.6 Å². The van der Waals surface area contributed by atoms with Crippen molar-refractivity contribution in [2.75, 3.05) is 0 Å². The van der Waals surface area contributed by atoms with Crippen LogP contribution < -0.4 is 10.5 Å². The minimum Gasteiger partial charge on any atom is -0.485 e. The minimum absolute atomic E-state index is 0.328. The van der Waals surface area contributed by atoms with Crippen LogP contribution >= 0.6 is 15.9 Å². The Morgan fingerprint density at radius 2 is 1.95 bits per heavy atom. The summed E-state index contributed by atoms with van der Waals surface area (Å²) in [6, 6.07) is 8.81. The first-order valence-electron chi connectivity index (χ1n) is 6.21. The highest BCUT2D eigenvalue weighted by Gasteiger charge is 2.27. The topological polar surface area (TPSA) is 35.2 Å². The van der Waals surface area contributed by atoms with Crippen molar-refractivity contribution >= 4 is 15.9 Å². The van der Waals surface area contributed by atoms with Gasteiger partial charge in [-0.3, -0.25) is 0 Å². The first kappa shape index (κ1) is 13.5. The summed E-state index contributed by atoms with van der Waals surface area (Å²) >= 11 is 3.12. The lowest BCUT2D eigenvalue weighted by atomic mass is 9.93. The molecular formula is C15H12BrF2NO. The van der Waals surface area contributed by atoms with Crippen LogP contribution in [0.5, 0.6) is 5.75 Å². The summed E-state index contributed by atoms with van der Waals surface area (Å²) in [5.74, 6) is -0.126. The molecule has 0 radical (unpaired) electrons. The van der Waals surface area contributed by atoms with E-state index in [0.717, 1.165) is 5.56 Å². The highest BCUT2D eigenvalue weighted by atomic mass is 79.9. The van der Waals surface area contributed by atoms with E-state index >= 15 is 0 Å². The Balaban J connectivity index is 1.94. The molecule has 0 amide bonds. The molecule has 2 atom stereocenters. The van der Waals surface area contributed by atoms with Gasteiger partial charge in [0.05, 0.1) is 4.47 Å². The summed E-state index contributed by atoms with van der Waals surface area (Å²) in [6.07, 6.45) is 0.155. The summed E-state index contributed by atoms with van der Waals surface area (Å²) in [5.41, 5.74) is 7.43. The van der Waals surface area contributed by atoms with E-state index in [-0.39, 0.29) is 23.8 Å². The molecule has 3 rings (SSSR count). The number of benzene rings is 2. The second-order valence-corrected chi connectivity index (χ2v) is 5.66. The average Bonchev–Trinajstić information content (AvgIpc) is 2.42. The van der Waals surface area contributed by atoms with E-state index in [1.807, 2.05) is 0 Å². The number of fused-ring (bicyclic) bond motifs is 1. The second-order valence-electron chi connectivity index (χ2n) is 4.80. The Morgan fingerprint density at radius 3 is 2.70 bits per heavy atom. The molecule has 20 heavy (non-hydrogen) atoms. The van der Waals surface area contributed by atoms with Crippen molar-refractivity contribution in [3.05, 3.63) is 63.6 Å².